The molecule has 0 bridgehead atoms. The van der Waals surface area contributed by atoms with E-state index in [-0.39, 0.29) is 4.87 Å². The molecule has 4 N–H and O–H groups in total. The lowest BCUT2D eigenvalue weighted by Crippen LogP contribution is -2.04. The molecule has 6 heteroatoms. The molecule has 0 aliphatic heterocycles. The Morgan fingerprint density at radius 2 is 2.29 bits per heavy atom. The monoisotopic (exact) mass is 313 g/mol. The predicted molar refractivity (Wildman–Crippen MR) is 75.6 cm³/mol. The van der Waals surface area contributed by atoms with Crippen molar-refractivity contribution < 1.29 is 0 Å². The lowest BCUT2D eigenvalue weighted by molar-refractivity contribution is 1.06. The highest BCUT2D eigenvalue weighted by Crippen LogP contribution is 2.27. The van der Waals surface area contributed by atoms with Crippen LogP contribution < -0.4 is 15.9 Å². The van der Waals surface area contributed by atoms with Crippen LogP contribution in [0.2, 0.25) is 0 Å². The number of halogens is 1. The lowest BCUT2D eigenvalue weighted by Gasteiger charge is -2.10. The number of aryl methyl sites for hydroxylation is 1. The number of nitrogens with one attached hydrogen (secondary N) is 2. The number of nitrogen functional groups attached to an aromatic ring is 1. The third-order valence-corrected chi connectivity index (χ3v) is 3.77. The zero-order valence-corrected chi connectivity index (χ0v) is 11.6. The van der Waals surface area contributed by atoms with Crippen LogP contribution in [0.5, 0.6) is 0 Å². The minimum Gasteiger partial charge on any atom is -0.398 e. The Labute approximate surface area is 111 Å². The summed E-state index contributed by atoms with van der Waals surface area (Å²) in [6.07, 6.45) is 0. The Hall–Kier alpha value is -1.27. The van der Waals surface area contributed by atoms with Crippen LogP contribution in [-0.2, 0) is 6.54 Å². The Bertz CT molecular complexity index is 591. The van der Waals surface area contributed by atoms with E-state index in [2.05, 4.69) is 26.2 Å². The van der Waals surface area contributed by atoms with Gasteiger partial charge in [0.2, 0.25) is 0 Å². The SMILES string of the molecule is Cc1cc(NCc2csc(=O)[nH]2)c(Br)cc1N. The topological polar surface area (TPSA) is 70.9 Å². The molecule has 0 saturated heterocycles. The van der Waals surface area contributed by atoms with E-state index in [9.17, 15) is 4.79 Å². The summed E-state index contributed by atoms with van der Waals surface area (Å²) in [6.45, 7) is 2.54. The smallest absolute Gasteiger partial charge is 0.304 e. The van der Waals surface area contributed by atoms with Crippen molar-refractivity contribution in [3.8, 4) is 0 Å². The average molecular weight is 314 g/mol. The van der Waals surface area contributed by atoms with Gasteiger partial charge in [-0.15, -0.1) is 0 Å². The maximum atomic E-state index is 11.0. The Morgan fingerprint density at radius 1 is 1.53 bits per heavy atom. The van der Waals surface area contributed by atoms with E-state index in [0.29, 0.717) is 6.54 Å². The second kappa shape index (κ2) is 4.93. The number of anilines is 2. The fourth-order valence-corrected chi connectivity index (χ4v) is 2.51. The number of H-pyrrole nitrogens is 1. The minimum atomic E-state index is -0.0330. The molecule has 1 aromatic carbocycles. The molecule has 0 spiro atoms. The van der Waals surface area contributed by atoms with Crippen molar-refractivity contribution in [1.29, 1.82) is 0 Å². The van der Waals surface area contributed by atoms with Gasteiger partial charge in [0.1, 0.15) is 0 Å². The first-order valence-electron chi connectivity index (χ1n) is 5.02. The van der Waals surface area contributed by atoms with E-state index < -0.39 is 0 Å². The standard InChI is InChI=1S/C11H12BrN3OS/c1-6-2-10(8(12)3-9(6)13)14-4-7-5-17-11(16)15-7/h2-3,5,14H,4,13H2,1H3,(H,15,16). The van der Waals surface area contributed by atoms with Gasteiger partial charge in [-0.05, 0) is 40.5 Å². The largest absolute Gasteiger partial charge is 0.398 e. The van der Waals surface area contributed by atoms with E-state index in [1.807, 2.05) is 24.4 Å². The van der Waals surface area contributed by atoms with Gasteiger partial charge in [-0.3, -0.25) is 4.79 Å². The first-order chi connectivity index (χ1) is 8.06. The highest BCUT2D eigenvalue weighted by atomic mass is 79.9. The van der Waals surface area contributed by atoms with Gasteiger partial charge in [-0.1, -0.05) is 11.3 Å². The van der Waals surface area contributed by atoms with E-state index in [4.69, 9.17) is 5.73 Å². The van der Waals surface area contributed by atoms with Crippen molar-refractivity contribution in [3.05, 3.63) is 42.9 Å². The third kappa shape index (κ3) is 2.89. The molecule has 0 aliphatic carbocycles. The molecule has 90 valence electrons. The van der Waals surface area contributed by atoms with E-state index >= 15 is 0 Å². The first-order valence-corrected chi connectivity index (χ1v) is 6.69. The summed E-state index contributed by atoms with van der Waals surface area (Å²) in [5, 5.41) is 5.06. The predicted octanol–water partition coefficient (Wildman–Crippen LogP) is 2.70. The highest BCUT2D eigenvalue weighted by Gasteiger charge is 2.04. The van der Waals surface area contributed by atoms with Gasteiger partial charge in [-0.2, -0.15) is 0 Å². The van der Waals surface area contributed by atoms with Crippen molar-refractivity contribution in [2.24, 2.45) is 0 Å². The summed E-state index contributed by atoms with van der Waals surface area (Å²) in [5.41, 5.74) is 9.41. The van der Waals surface area contributed by atoms with Gasteiger partial charge in [0.15, 0.2) is 0 Å². The molecule has 2 aromatic rings. The molecule has 0 radical (unpaired) electrons. The zero-order chi connectivity index (χ0) is 12.4. The summed E-state index contributed by atoms with van der Waals surface area (Å²) in [7, 11) is 0. The number of hydrogen-bond donors (Lipinski definition) is 3. The number of aromatic amines is 1. The molecule has 0 atom stereocenters. The van der Waals surface area contributed by atoms with Crippen LogP contribution in [0.1, 0.15) is 11.3 Å². The number of benzene rings is 1. The van der Waals surface area contributed by atoms with Crippen molar-refractivity contribution >= 4 is 38.6 Å². The summed E-state index contributed by atoms with van der Waals surface area (Å²) < 4.78 is 0.915. The van der Waals surface area contributed by atoms with Crippen LogP contribution in [0, 0.1) is 6.92 Å². The summed E-state index contributed by atoms with van der Waals surface area (Å²) in [6, 6.07) is 3.85. The number of thiazole rings is 1. The fourth-order valence-electron chi connectivity index (χ4n) is 1.42. The maximum Gasteiger partial charge on any atom is 0.304 e. The Morgan fingerprint density at radius 3 is 2.94 bits per heavy atom. The summed E-state index contributed by atoms with van der Waals surface area (Å²) in [4.78, 5) is 13.7. The van der Waals surface area contributed by atoms with Crippen LogP contribution in [0.3, 0.4) is 0 Å². The van der Waals surface area contributed by atoms with E-state index in [1.165, 1.54) is 11.3 Å². The number of hydrogen-bond acceptors (Lipinski definition) is 4. The molecule has 0 fully saturated rings. The fraction of sp³-hybridized carbons (Fsp3) is 0.182. The highest BCUT2D eigenvalue weighted by molar-refractivity contribution is 9.10. The van der Waals surface area contributed by atoms with Gasteiger partial charge in [-0.25, -0.2) is 0 Å². The van der Waals surface area contributed by atoms with Crippen molar-refractivity contribution in [3.63, 3.8) is 0 Å². The molecule has 0 saturated carbocycles. The van der Waals surface area contributed by atoms with Gasteiger partial charge >= 0.3 is 4.87 Å². The van der Waals surface area contributed by atoms with Crippen molar-refractivity contribution in [2.75, 3.05) is 11.1 Å². The van der Waals surface area contributed by atoms with E-state index in [0.717, 1.165) is 27.1 Å². The van der Waals surface area contributed by atoms with Crippen LogP contribution in [0.4, 0.5) is 11.4 Å². The molecular formula is C11H12BrN3OS. The Balaban J connectivity index is 2.14. The molecule has 2 rings (SSSR count). The molecule has 4 nitrogen and oxygen atoms in total. The number of nitrogens with two attached hydrogens (primary N) is 1. The first kappa shape index (κ1) is 12.2. The average Bonchev–Trinajstić information content (AvgIpc) is 2.68. The lowest BCUT2D eigenvalue weighted by atomic mass is 10.2. The van der Waals surface area contributed by atoms with Gasteiger partial charge in [0, 0.05) is 26.9 Å². The van der Waals surface area contributed by atoms with Crippen LogP contribution >= 0.6 is 27.3 Å². The quantitative estimate of drug-likeness (QED) is 0.763. The zero-order valence-electron chi connectivity index (χ0n) is 9.21. The summed E-state index contributed by atoms with van der Waals surface area (Å²) in [5.74, 6) is 0. The van der Waals surface area contributed by atoms with E-state index in [1.54, 1.807) is 0 Å². The normalized spacial score (nSPS) is 10.5. The number of rotatable bonds is 3. The third-order valence-electron chi connectivity index (χ3n) is 2.40. The molecule has 0 aliphatic rings. The van der Waals surface area contributed by atoms with Gasteiger partial charge < -0.3 is 16.0 Å². The molecule has 17 heavy (non-hydrogen) atoms. The summed E-state index contributed by atoms with van der Waals surface area (Å²) >= 11 is 4.61. The molecule has 0 unspecified atom stereocenters. The van der Waals surface area contributed by atoms with Crippen molar-refractivity contribution in [2.45, 2.75) is 13.5 Å². The molecular weight excluding hydrogens is 302 g/mol. The molecule has 0 amide bonds. The minimum absolute atomic E-state index is 0.0330. The maximum absolute atomic E-state index is 11.0. The van der Waals surface area contributed by atoms with Gasteiger partial charge in [0.25, 0.3) is 0 Å². The number of aromatic nitrogens is 1. The van der Waals surface area contributed by atoms with Crippen molar-refractivity contribution in [1.82, 2.24) is 4.98 Å². The van der Waals surface area contributed by atoms with Crippen LogP contribution in [0.15, 0.2) is 26.8 Å². The molecule has 1 aromatic heterocycles. The van der Waals surface area contributed by atoms with Crippen LogP contribution in [-0.4, -0.2) is 4.98 Å². The second-order valence-corrected chi connectivity index (χ2v) is 5.41. The second-order valence-electron chi connectivity index (χ2n) is 3.72. The van der Waals surface area contributed by atoms with Gasteiger partial charge in [0.05, 0.1) is 6.54 Å². The molecule has 1 heterocycles. The van der Waals surface area contributed by atoms with Crippen LogP contribution in [0.25, 0.3) is 0 Å². The Kier molecular flexibility index (Phi) is 3.54.